The van der Waals surface area contributed by atoms with E-state index in [9.17, 15) is 4.79 Å². The molecule has 0 N–H and O–H groups in total. The minimum Gasteiger partial charge on any atom is -0.378 e. The van der Waals surface area contributed by atoms with Crippen LogP contribution in [0.15, 0.2) is 40.6 Å². The van der Waals surface area contributed by atoms with Crippen LogP contribution in [0.1, 0.15) is 26.7 Å². The van der Waals surface area contributed by atoms with E-state index in [0.29, 0.717) is 18.3 Å². The van der Waals surface area contributed by atoms with E-state index in [1.807, 2.05) is 31.2 Å². The lowest BCUT2D eigenvalue weighted by atomic mass is 10.0. The lowest BCUT2D eigenvalue weighted by Gasteiger charge is -2.30. The first-order valence-electron chi connectivity index (χ1n) is 9.00. The Morgan fingerprint density at radius 1 is 1.27 bits per heavy atom. The van der Waals surface area contributed by atoms with Gasteiger partial charge >= 0.3 is 0 Å². The molecule has 2 aliphatic heterocycles. The molecule has 4 rings (SSSR count). The zero-order chi connectivity index (χ0) is 18.1. The molecule has 7 heteroatoms. The number of ether oxygens (including phenoxy) is 1. The molecule has 1 saturated heterocycles. The second-order valence-corrected chi connectivity index (χ2v) is 7.45. The van der Waals surface area contributed by atoms with E-state index < -0.39 is 0 Å². The van der Waals surface area contributed by atoms with Crippen molar-refractivity contribution in [3.8, 4) is 0 Å². The molecule has 0 atom stereocenters. The highest BCUT2D eigenvalue weighted by atomic mass is 32.1. The molecule has 0 radical (unpaired) electrons. The summed E-state index contributed by atoms with van der Waals surface area (Å²) in [5.74, 6) is -0.0727. The third-order valence-electron chi connectivity index (χ3n) is 4.71. The number of nitrogens with zero attached hydrogens (tertiary/aromatic N) is 4. The summed E-state index contributed by atoms with van der Waals surface area (Å²) in [6, 6.07) is 7.92. The Morgan fingerprint density at radius 2 is 2.04 bits per heavy atom. The molecule has 136 valence electrons. The van der Waals surface area contributed by atoms with Crippen LogP contribution in [-0.2, 0) is 9.53 Å². The van der Waals surface area contributed by atoms with Crippen LogP contribution in [0.3, 0.4) is 0 Å². The van der Waals surface area contributed by atoms with E-state index in [2.05, 4.69) is 21.9 Å². The van der Waals surface area contributed by atoms with Gasteiger partial charge in [-0.3, -0.25) is 4.79 Å². The molecular formula is C19H22N4O2S. The van der Waals surface area contributed by atoms with E-state index in [1.54, 1.807) is 0 Å². The molecule has 0 aliphatic carbocycles. The molecule has 2 aromatic rings. The minimum atomic E-state index is -0.0727. The molecule has 1 aromatic carbocycles. The van der Waals surface area contributed by atoms with Crippen molar-refractivity contribution in [3.63, 3.8) is 0 Å². The second-order valence-electron chi connectivity index (χ2n) is 6.44. The maximum Gasteiger partial charge on any atom is 0.284 e. The van der Waals surface area contributed by atoms with Crippen molar-refractivity contribution in [3.05, 3.63) is 35.5 Å². The second kappa shape index (κ2) is 7.17. The standard InChI is InChI=1S/C19H22N4O2S/c1-3-6-15-17(13(2)22-9-11-25-12-10-22)18(24)23(21-15)19-20-14-7-4-5-8-16(14)26-19/h4-5,7-8H,3,6,9-12H2,1-2H3/b17-13-. The molecule has 0 spiro atoms. The van der Waals surface area contributed by atoms with Crippen LogP contribution in [0.5, 0.6) is 0 Å². The van der Waals surface area contributed by atoms with Gasteiger partial charge in [0.05, 0.1) is 34.7 Å². The van der Waals surface area contributed by atoms with Gasteiger partial charge in [0.15, 0.2) is 0 Å². The number of hydrogen-bond donors (Lipinski definition) is 0. The molecule has 1 fully saturated rings. The summed E-state index contributed by atoms with van der Waals surface area (Å²) in [6.07, 6.45) is 1.73. The lowest BCUT2D eigenvalue weighted by molar-refractivity contribution is -0.114. The maximum absolute atomic E-state index is 13.2. The topological polar surface area (TPSA) is 58.0 Å². The maximum atomic E-state index is 13.2. The van der Waals surface area contributed by atoms with Gasteiger partial charge in [-0.2, -0.15) is 10.1 Å². The van der Waals surface area contributed by atoms with Crippen molar-refractivity contribution >= 4 is 38.3 Å². The molecular weight excluding hydrogens is 348 g/mol. The van der Waals surface area contributed by atoms with Gasteiger partial charge in [-0.25, -0.2) is 4.98 Å². The van der Waals surface area contributed by atoms with Crippen LogP contribution in [0.25, 0.3) is 10.2 Å². The van der Waals surface area contributed by atoms with E-state index in [0.717, 1.165) is 53.1 Å². The predicted molar refractivity (Wildman–Crippen MR) is 105 cm³/mol. The number of rotatable bonds is 4. The smallest absolute Gasteiger partial charge is 0.284 e. The molecule has 0 saturated carbocycles. The number of aromatic nitrogens is 1. The Kier molecular flexibility index (Phi) is 4.74. The molecule has 0 bridgehead atoms. The fraction of sp³-hybridized carbons (Fsp3) is 0.421. The minimum absolute atomic E-state index is 0.0727. The van der Waals surface area contributed by atoms with Gasteiger partial charge in [-0.05, 0) is 25.5 Å². The summed E-state index contributed by atoms with van der Waals surface area (Å²) in [5, 5.41) is 6.77. The predicted octanol–water partition coefficient (Wildman–Crippen LogP) is 3.41. The fourth-order valence-electron chi connectivity index (χ4n) is 3.36. The van der Waals surface area contributed by atoms with Gasteiger partial charge < -0.3 is 9.64 Å². The number of amides is 1. The van der Waals surface area contributed by atoms with Crippen LogP contribution < -0.4 is 5.01 Å². The van der Waals surface area contributed by atoms with Crippen molar-refractivity contribution < 1.29 is 9.53 Å². The number of para-hydroxylation sites is 1. The third kappa shape index (κ3) is 3.01. The number of carbonyl (C=O) groups excluding carboxylic acids is 1. The van der Waals surface area contributed by atoms with E-state index in [-0.39, 0.29) is 5.91 Å². The Balaban J connectivity index is 1.72. The molecule has 26 heavy (non-hydrogen) atoms. The monoisotopic (exact) mass is 370 g/mol. The van der Waals surface area contributed by atoms with Gasteiger partial charge in [0.25, 0.3) is 5.91 Å². The van der Waals surface area contributed by atoms with Gasteiger partial charge in [0, 0.05) is 18.8 Å². The highest BCUT2D eigenvalue weighted by Crippen LogP contribution is 2.33. The van der Waals surface area contributed by atoms with Crippen molar-refractivity contribution in [2.45, 2.75) is 26.7 Å². The first-order valence-corrected chi connectivity index (χ1v) is 9.82. The Labute approximate surface area is 156 Å². The molecule has 1 amide bonds. The van der Waals surface area contributed by atoms with Crippen LogP contribution >= 0.6 is 11.3 Å². The number of benzene rings is 1. The lowest BCUT2D eigenvalue weighted by Crippen LogP contribution is -2.37. The highest BCUT2D eigenvalue weighted by molar-refractivity contribution is 7.22. The number of anilines is 1. The zero-order valence-corrected chi connectivity index (χ0v) is 15.9. The number of carbonyl (C=O) groups is 1. The normalized spacial score (nSPS) is 20.1. The van der Waals surface area contributed by atoms with Gasteiger partial charge in [0.2, 0.25) is 5.13 Å². The molecule has 3 heterocycles. The van der Waals surface area contributed by atoms with Crippen molar-refractivity contribution in [1.29, 1.82) is 0 Å². The fourth-order valence-corrected chi connectivity index (χ4v) is 4.27. The highest BCUT2D eigenvalue weighted by Gasteiger charge is 2.35. The Hall–Kier alpha value is -2.25. The summed E-state index contributed by atoms with van der Waals surface area (Å²) >= 11 is 1.50. The van der Waals surface area contributed by atoms with Crippen LogP contribution in [0.4, 0.5) is 5.13 Å². The van der Waals surface area contributed by atoms with E-state index >= 15 is 0 Å². The van der Waals surface area contributed by atoms with Crippen LogP contribution in [0.2, 0.25) is 0 Å². The number of fused-ring (bicyclic) bond motifs is 1. The number of thiazole rings is 1. The average Bonchev–Trinajstić information content (AvgIpc) is 3.23. The van der Waals surface area contributed by atoms with Crippen LogP contribution in [0, 0.1) is 0 Å². The SMILES string of the molecule is CCCC1=NN(c2nc3ccccc3s2)C(=O)/C1=C(/C)N1CCOCC1. The number of morpholine rings is 1. The first kappa shape index (κ1) is 17.2. The van der Waals surface area contributed by atoms with Crippen molar-refractivity contribution in [2.75, 3.05) is 31.3 Å². The van der Waals surface area contributed by atoms with Gasteiger partial charge in [-0.15, -0.1) is 0 Å². The van der Waals surface area contributed by atoms with Gasteiger partial charge in [0.1, 0.15) is 0 Å². The Morgan fingerprint density at radius 3 is 2.77 bits per heavy atom. The van der Waals surface area contributed by atoms with Crippen LogP contribution in [-0.4, -0.2) is 47.8 Å². The molecule has 2 aliphatic rings. The zero-order valence-electron chi connectivity index (χ0n) is 15.1. The average molecular weight is 370 g/mol. The summed E-state index contributed by atoms with van der Waals surface area (Å²) in [7, 11) is 0. The van der Waals surface area contributed by atoms with E-state index in [1.165, 1.54) is 16.3 Å². The van der Waals surface area contributed by atoms with Gasteiger partial charge in [-0.1, -0.05) is 36.8 Å². The van der Waals surface area contributed by atoms with E-state index in [4.69, 9.17) is 4.74 Å². The quantitative estimate of drug-likeness (QED) is 0.774. The number of hydrogen-bond acceptors (Lipinski definition) is 6. The largest absolute Gasteiger partial charge is 0.378 e. The summed E-state index contributed by atoms with van der Waals surface area (Å²) < 4.78 is 6.50. The molecule has 6 nitrogen and oxygen atoms in total. The summed E-state index contributed by atoms with van der Waals surface area (Å²) in [4.78, 5) is 20.0. The summed E-state index contributed by atoms with van der Waals surface area (Å²) in [6.45, 7) is 7.13. The molecule has 1 aromatic heterocycles. The summed E-state index contributed by atoms with van der Waals surface area (Å²) in [5.41, 5.74) is 3.48. The number of allylic oxidation sites excluding steroid dienone is 1. The van der Waals surface area contributed by atoms with Crippen molar-refractivity contribution in [1.82, 2.24) is 9.88 Å². The molecule has 0 unspecified atom stereocenters. The third-order valence-corrected chi connectivity index (χ3v) is 5.73. The Bertz CT molecular complexity index is 863. The number of hydrazone groups is 1. The first-order chi connectivity index (χ1) is 12.7. The van der Waals surface area contributed by atoms with Crippen molar-refractivity contribution in [2.24, 2.45) is 5.10 Å².